The van der Waals surface area contributed by atoms with Gasteiger partial charge in [0.25, 0.3) is 6.43 Å². The van der Waals surface area contributed by atoms with Crippen LogP contribution >= 0.6 is 0 Å². The maximum absolute atomic E-state index is 12.3. The minimum absolute atomic E-state index is 0.179. The Morgan fingerprint density at radius 3 is 2.60 bits per heavy atom. The van der Waals surface area contributed by atoms with Crippen LogP contribution in [0.1, 0.15) is 17.5 Å². The topological polar surface area (TPSA) is 15.3 Å². The predicted molar refractivity (Wildman–Crippen MR) is 78.3 cm³/mol. The van der Waals surface area contributed by atoms with Crippen molar-refractivity contribution in [1.82, 2.24) is 10.2 Å². The number of rotatable bonds is 5. The van der Waals surface area contributed by atoms with Crippen molar-refractivity contribution in [1.29, 1.82) is 0 Å². The average molecular weight is 282 g/mol. The molecule has 0 amide bonds. The molecule has 112 valence electrons. The fourth-order valence-corrected chi connectivity index (χ4v) is 3.05. The normalized spacial score (nSPS) is 24.2. The van der Waals surface area contributed by atoms with E-state index in [9.17, 15) is 8.78 Å². The first-order chi connectivity index (χ1) is 9.52. The van der Waals surface area contributed by atoms with Crippen LogP contribution in [0.15, 0.2) is 24.3 Å². The number of nitrogens with one attached hydrogen (secondary N) is 1. The Balaban J connectivity index is 1.88. The molecule has 2 unspecified atom stereocenters. The van der Waals surface area contributed by atoms with E-state index in [1.165, 1.54) is 11.1 Å². The molecule has 0 aromatic heterocycles. The predicted octanol–water partition coefficient (Wildman–Crippen LogP) is 2.71. The Bertz CT molecular complexity index is 405. The van der Waals surface area contributed by atoms with Crippen molar-refractivity contribution in [2.75, 3.05) is 26.7 Å². The molecule has 2 atom stereocenters. The highest BCUT2D eigenvalue weighted by atomic mass is 19.3. The standard InChI is InChI=1S/C16H24F2N2/c1-12-3-5-13(6-4-12)7-14-8-15(11-20(2)10-14)19-9-16(17)18/h3-6,14-16,19H,7-11H2,1-2H3. The Labute approximate surface area is 120 Å². The van der Waals surface area contributed by atoms with Gasteiger partial charge in [-0.05, 0) is 38.3 Å². The molecule has 0 spiro atoms. The van der Waals surface area contributed by atoms with E-state index in [1.807, 2.05) is 0 Å². The van der Waals surface area contributed by atoms with E-state index in [-0.39, 0.29) is 12.6 Å². The van der Waals surface area contributed by atoms with E-state index < -0.39 is 6.43 Å². The van der Waals surface area contributed by atoms with E-state index in [0.717, 1.165) is 25.9 Å². The van der Waals surface area contributed by atoms with Gasteiger partial charge >= 0.3 is 0 Å². The number of halogens is 2. The van der Waals surface area contributed by atoms with E-state index in [1.54, 1.807) is 0 Å². The van der Waals surface area contributed by atoms with Crippen molar-refractivity contribution in [2.45, 2.75) is 32.2 Å². The maximum Gasteiger partial charge on any atom is 0.250 e. The summed E-state index contributed by atoms with van der Waals surface area (Å²) in [6.45, 7) is 3.79. The molecular formula is C16H24F2N2. The molecular weight excluding hydrogens is 258 g/mol. The monoisotopic (exact) mass is 282 g/mol. The van der Waals surface area contributed by atoms with Gasteiger partial charge in [-0.1, -0.05) is 29.8 Å². The SMILES string of the molecule is Cc1ccc(CC2CC(NCC(F)F)CN(C)C2)cc1. The molecule has 1 aliphatic rings. The minimum Gasteiger partial charge on any atom is -0.307 e. The third-order valence-corrected chi connectivity index (χ3v) is 3.93. The van der Waals surface area contributed by atoms with Crippen LogP contribution in [-0.2, 0) is 6.42 Å². The molecule has 2 rings (SSSR count). The summed E-state index contributed by atoms with van der Waals surface area (Å²) in [5.74, 6) is 0.534. The van der Waals surface area contributed by atoms with Gasteiger partial charge in [-0.25, -0.2) is 8.78 Å². The van der Waals surface area contributed by atoms with Crippen LogP contribution in [0.3, 0.4) is 0 Å². The van der Waals surface area contributed by atoms with Crippen molar-refractivity contribution in [2.24, 2.45) is 5.92 Å². The molecule has 1 heterocycles. The Morgan fingerprint density at radius 2 is 1.95 bits per heavy atom. The van der Waals surface area contributed by atoms with Gasteiger partial charge in [-0.3, -0.25) is 0 Å². The van der Waals surface area contributed by atoms with Crippen LogP contribution in [-0.4, -0.2) is 44.0 Å². The third-order valence-electron chi connectivity index (χ3n) is 3.93. The van der Waals surface area contributed by atoms with Gasteiger partial charge in [-0.15, -0.1) is 0 Å². The summed E-state index contributed by atoms with van der Waals surface area (Å²) in [7, 11) is 2.07. The number of hydrogen-bond donors (Lipinski definition) is 1. The Morgan fingerprint density at radius 1 is 1.25 bits per heavy atom. The molecule has 0 bridgehead atoms. The first-order valence-corrected chi connectivity index (χ1v) is 7.28. The van der Waals surface area contributed by atoms with Gasteiger partial charge < -0.3 is 10.2 Å². The van der Waals surface area contributed by atoms with Gasteiger partial charge in [0.1, 0.15) is 0 Å². The van der Waals surface area contributed by atoms with Crippen molar-refractivity contribution >= 4 is 0 Å². The van der Waals surface area contributed by atoms with Crippen LogP contribution in [0, 0.1) is 12.8 Å². The lowest BCUT2D eigenvalue weighted by atomic mass is 9.89. The van der Waals surface area contributed by atoms with Crippen LogP contribution in [0.2, 0.25) is 0 Å². The van der Waals surface area contributed by atoms with Crippen molar-refractivity contribution < 1.29 is 8.78 Å². The average Bonchev–Trinajstić information content (AvgIpc) is 2.38. The number of likely N-dealkylation sites (N-methyl/N-ethyl adjacent to an activating group) is 1. The second-order valence-electron chi connectivity index (χ2n) is 6.01. The quantitative estimate of drug-likeness (QED) is 0.893. The first-order valence-electron chi connectivity index (χ1n) is 7.28. The molecule has 4 heteroatoms. The molecule has 1 N–H and O–H groups in total. The van der Waals surface area contributed by atoms with Gasteiger partial charge in [0.15, 0.2) is 0 Å². The first kappa shape index (κ1) is 15.4. The van der Waals surface area contributed by atoms with E-state index >= 15 is 0 Å². The molecule has 20 heavy (non-hydrogen) atoms. The summed E-state index contributed by atoms with van der Waals surface area (Å²) in [6.07, 6.45) is -0.264. The second kappa shape index (κ2) is 7.14. The Hall–Kier alpha value is -1.00. The summed E-state index contributed by atoms with van der Waals surface area (Å²) in [4.78, 5) is 2.24. The minimum atomic E-state index is -2.27. The summed E-state index contributed by atoms with van der Waals surface area (Å²) in [6, 6.07) is 8.79. The van der Waals surface area contributed by atoms with E-state index in [2.05, 4.69) is 48.5 Å². The number of likely N-dealkylation sites (tertiary alicyclic amines) is 1. The highest BCUT2D eigenvalue weighted by Crippen LogP contribution is 2.20. The van der Waals surface area contributed by atoms with Crippen molar-refractivity contribution in [3.8, 4) is 0 Å². The molecule has 1 aromatic rings. The van der Waals surface area contributed by atoms with E-state index in [4.69, 9.17) is 0 Å². The van der Waals surface area contributed by atoms with Gasteiger partial charge in [-0.2, -0.15) is 0 Å². The van der Waals surface area contributed by atoms with Gasteiger partial charge in [0, 0.05) is 19.1 Å². The van der Waals surface area contributed by atoms with Crippen LogP contribution in [0.5, 0.6) is 0 Å². The van der Waals surface area contributed by atoms with Gasteiger partial charge in [0.2, 0.25) is 0 Å². The lowest BCUT2D eigenvalue weighted by Gasteiger charge is -2.36. The zero-order valence-electron chi connectivity index (χ0n) is 12.3. The summed E-state index contributed by atoms with van der Waals surface area (Å²) >= 11 is 0. The highest BCUT2D eigenvalue weighted by Gasteiger charge is 2.25. The van der Waals surface area contributed by atoms with Gasteiger partial charge in [0.05, 0.1) is 6.54 Å². The summed E-state index contributed by atoms with van der Waals surface area (Å²) < 4.78 is 24.6. The molecule has 0 saturated carbocycles. The van der Waals surface area contributed by atoms with Crippen LogP contribution in [0.4, 0.5) is 8.78 Å². The number of aryl methyl sites for hydroxylation is 1. The molecule has 1 aromatic carbocycles. The second-order valence-corrected chi connectivity index (χ2v) is 6.01. The molecule has 0 aliphatic carbocycles. The zero-order chi connectivity index (χ0) is 14.5. The summed E-state index contributed by atoms with van der Waals surface area (Å²) in [5.41, 5.74) is 2.61. The Kier molecular flexibility index (Phi) is 5.49. The zero-order valence-corrected chi connectivity index (χ0v) is 12.3. The maximum atomic E-state index is 12.3. The number of benzene rings is 1. The molecule has 1 aliphatic heterocycles. The van der Waals surface area contributed by atoms with Crippen molar-refractivity contribution in [3.63, 3.8) is 0 Å². The van der Waals surface area contributed by atoms with E-state index in [0.29, 0.717) is 5.92 Å². The largest absolute Gasteiger partial charge is 0.307 e. The number of nitrogens with zero attached hydrogens (tertiary/aromatic N) is 1. The molecule has 1 fully saturated rings. The van der Waals surface area contributed by atoms with Crippen molar-refractivity contribution in [3.05, 3.63) is 35.4 Å². The van der Waals surface area contributed by atoms with Crippen LogP contribution in [0.25, 0.3) is 0 Å². The fourth-order valence-electron chi connectivity index (χ4n) is 3.05. The number of alkyl halides is 2. The molecule has 0 radical (unpaired) electrons. The smallest absolute Gasteiger partial charge is 0.250 e. The fraction of sp³-hybridized carbons (Fsp3) is 0.625. The molecule has 1 saturated heterocycles. The summed E-state index contributed by atoms with van der Waals surface area (Å²) in [5, 5.41) is 2.98. The van der Waals surface area contributed by atoms with Crippen LogP contribution < -0.4 is 5.32 Å². The number of hydrogen-bond acceptors (Lipinski definition) is 2. The highest BCUT2D eigenvalue weighted by molar-refractivity contribution is 5.21. The lowest BCUT2D eigenvalue weighted by Crippen LogP contribution is -2.49. The molecule has 2 nitrogen and oxygen atoms in total. The lowest BCUT2D eigenvalue weighted by molar-refractivity contribution is 0.119. The number of piperidine rings is 1. The third kappa shape index (κ3) is 4.84.